The molecule has 0 aliphatic heterocycles. The van der Waals surface area contributed by atoms with E-state index in [2.05, 4.69) is 0 Å². The smallest absolute Gasteiger partial charge is 0.227 e. The van der Waals surface area contributed by atoms with Crippen molar-refractivity contribution in [2.75, 3.05) is 7.11 Å². The molecule has 36 heavy (non-hydrogen) atoms. The van der Waals surface area contributed by atoms with Crippen LogP contribution in [0.2, 0.25) is 0 Å². The molecule has 0 fully saturated rings. The maximum atomic E-state index is 12.4. The maximum Gasteiger partial charge on any atom is 0.227 e. The van der Waals surface area contributed by atoms with E-state index in [1.54, 1.807) is 0 Å². The molecule has 0 aromatic heterocycles. The molecule has 0 aromatic carbocycles. The third-order valence-electron chi connectivity index (χ3n) is 6.91. The van der Waals surface area contributed by atoms with E-state index in [9.17, 15) is 34.5 Å². The van der Waals surface area contributed by atoms with Gasteiger partial charge in [-0.2, -0.15) is 0 Å². The fourth-order valence-corrected chi connectivity index (χ4v) is 4.58. The first-order chi connectivity index (χ1) is 17.1. The molecular weight excluding hydrogens is 464 g/mol. The SMILES string of the molecule is COC1=C(C)C(=O)C(O)=C(CCCCCCCCCCCCCC2=C(O)C(=O)C(C)=C(O)C2=O)C1=O. The Morgan fingerprint density at radius 1 is 0.500 bits per heavy atom. The predicted molar refractivity (Wildman–Crippen MR) is 134 cm³/mol. The minimum Gasteiger partial charge on any atom is -0.504 e. The molecule has 0 heterocycles. The van der Waals surface area contributed by atoms with Crippen molar-refractivity contribution in [2.45, 2.75) is 97.3 Å². The molecule has 0 saturated carbocycles. The number of aliphatic hydroxyl groups excluding tert-OH is 3. The second-order valence-corrected chi connectivity index (χ2v) is 9.49. The second-order valence-electron chi connectivity index (χ2n) is 9.49. The van der Waals surface area contributed by atoms with Gasteiger partial charge in [-0.1, -0.05) is 57.8 Å². The van der Waals surface area contributed by atoms with Crippen molar-refractivity contribution in [3.05, 3.63) is 45.3 Å². The van der Waals surface area contributed by atoms with Gasteiger partial charge in [0.25, 0.3) is 0 Å². The number of hydrogen-bond donors (Lipinski definition) is 3. The number of carbonyl (C=O) groups is 4. The number of unbranched alkanes of at least 4 members (excludes halogenated alkanes) is 10. The molecule has 0 radical (unpaired) electrons. The summed E-state index contributed by atoms with van der Waals surface area (Å²) in [6.45, 7) is 2.80. The van der Waals surface area contributed by atoms with E-state index in [-0.39, 0.29) is 34.5 Å². The Morgan fingerprint density at radius 3 is 1.28 bits per heavy atom. The van der Waals surface area contributed by atoms with Crippen LogP contribution in [0.5, 0.6) is 0 Å². The molecule has 2 aliphatic rings. The van der Waals surface area contributed by atoms with Crippen molar-refractivity contribution in [3.8, 4) is 0 Å². The monoisotopic (exact) mass is 502 g/mol. The Labute approximate surface area is 212 Å². The van der Waals surface area contributed by atoms with Gasteiger partial charge >= 0.3 is 0 Å². The minimum absolute atomic E-state index is 0.0137. The number of carbonyl (C=O) groups excluding carboxylic acids is 4. The number of rotatable bonds is 15. The van der Waals surface area contributed by atoms with E-state index in [0.29, 0.717) is 12.8 Å². The van der Waals surface area contributed by atoms with Gasteiger partial charge in [-0.25, -0.2) is 0 Å². The second kappa shape index (κ2) is 13.8. The van der Waals surface area contributed by atoms with Gasteiger partial charge in [0.05, 0.1) is 7.11 Å². The number of ether oxygens (including phenoxy) is 1. The summed E-state index contributed by atoms with van der Waals surface area (Å²) in [5.74, 6) is -3.79. The lowest BCUT2D eigenvalue weighted by atomic mass is 9.90. The number of hydrogen-bond acceptors (Lipinski definition) is 8. The molecular formula is C28H38O8. The average Bonchev–Trinajstić information content (AvgIpc) is 2.86. The summed E-state index contributed by atoms with van der Waals surface area (Å²) in [5.41, 5.74) is 0.197. The van der Waals surface area contributed by atoms with E-state index < -0.39 is 40.4 Å². The van der Waals surface area contributed by atoms with Gasteiger partial charge in [0.2, 0.25) is 23.1 Å². The third-order valence-corrected chi connectivity index (χ3v) is 6.91. The van der Waals surface area contributed by atoms with E-state index in [1.807, 2.05) is 0 Å². The predicted octanol–water partition coefficient (Wildman–Crippen LogP) is 5.74. The molecule has 2 rings (SSSR count). The first kappa shape index (κ1) is 29.1. The summed E-state index contributed by atoms with van der Waals surface area (Å²) in [6, 6.07) is 0. The van der Waals surface area contributed by atoms with Gasteiger partial charge < -0.3 is 20.1 Å². The van der Waals surface area contributed by atoms with Crippen LogP contribution in [0.3, 0.4) is 0 Å². The Balaban J connectivity index is 1.52. The summed E-state index contributed by atoms with van der Waals surface area (Å²) in [4.78, 5) is 48.3. The van der Waals surface area contributed by atoms with Crippen molar-refractivity contribution in [1.29, 1.82) is 0 Å². The van der Waals surface area contributed by atoms with Crippen LogP contribution in [0.4, 0.5) is 0 Å². The molecule has 8 nitrogen and oxygen atoms in total. The van der Waals surface area contributed by atoms with Crippen molar-refractivity contribution >= 4 is 23.1 Å². The quantitative estimate of drug-likeness (QED) is 0.190. The van der Waals surface area contributed by atoms with Crippen LogP contribution >= 0.6 is 0 Å². The molecule has 0 saturated heterocycles. The summed E-state index contributed by atoms with van der Waals surface area (Å²) in [6.07, 6.45) is 11.4. The lowest BCUT2D eigenvalue weighted by Crippen LogP contribution is -2.24. The highest BCUT2D eigenvalue weighted by Crippen LogP contribution is 2.28. The van der Waals surface area contributed by atoms with Crippen molar-refractivity contribution in [2.24, 2.45) is 0 Å². The van der Waals surface area contributed by atoms with Gasteiger partial charge in [-0.15, -0.1) is 0 Å². The van der Waals surface area contributed by atoms with Crippen LogP contribution in [-0.2, 0) is 23.9 Å². The molecule has 0 amide bonds. The van der Waals surface area contributed by atoms with Crippen molar-refractivity contribution in [1.82, 2.24) is 0 Å². The van der Waals surface area contributed by atoms with E-state index in [1.165, 1.54) is 21.0 Å². The zero-order valence-electron chi connectivity index (χ0n) is 21.6. The maximum absolute atomic E-state index is 12.4. The van der Waals surface area contributed by atoms with Crippen LogP contribution in [0.1, 0.15) is 97.3 Å². The zero-order valence-corrected chi connectivity index (χ0v) is 21.6. The van der Waals surface area contributed by atoms with Crippen LogP contribution < -0.4 is 0 Å². The van der Waals surface area contributed by atoms with Gasteiger partial charge in [0.1, 0.15) is 0 Å². The molecule has 0 spiro atoms. The Hall–Kier alpha value is -3.16. The molecule has 2 aliphatic carbocycles. The Morgan fingerprint density at radius 2 is 0.861 bits per heavy atom. The largest absolute Gasteiger partial charge is 0.504 e. The molecule has 0 atom stereocenters. The zero-order chi connectivity index (χ0) is 26.8. The molecule has 8 heteroatoms. The molecule has 0 bridgehead atoms. The first-order valence-electron chi connectivity index (χ1n) is 12.8. The van der Waals surface area contributed by atoms with E-state index in [4.69, 9.17) is 4.74 Å². The standard InChI is InChI=1S/C28H38O8/c1-17-21(29)24(32)19(25(33)22(17)30)15-13-11-9-7-5-4-6-8-10-12-14-16-20-26(34)23(31)18(2)28(36-3)27(20)35/h29,33-34H,4-16H2,1-3H3. The van der Waals surface area contributed by atoms with Gasteiger partial charge in [-0.05, 0) is 39.5 Å². The number of ketones is 4. The summed E-state index contributed by atoms with van der Waals surface area (Å²) < 4.78 is 5.04. The molecule has 0 unspecified atom stereocenters. The number of methoxy groups -OCH3 is 1. The van der Waals surface area contributed by atoms with Crippen molar-refractivity contribution in [3.63, 3.8) is 0 Å². The molecule has 3 N–H and O–H groups in total. The van der Waals surface area contributed by atoms with E-state index in [0.717, 1.165) is 64.2 Å². The lowest BCUT2D eigenvalue weighted by Gasteiger charge is -2.18. The minimum atomic E-state index is -0.678. The fraction of sp³-hybridized carbons (Fsp3) is 0.571. The average molecular weight is 503 g/mol. The van der Waals surface area contributed by atoms with Gasteiger partial charge in [-0.3, -0.25) is 19.2 Å². The molecule has 0 aromatic rings. The highest BCUT2D eigenvalue weighted by Gasteiger charge is 2.33. The number of Topliss-reactive ketones (excluding diaryl/α,β-unsaturated/α-hetero) is 4. The highest BCUT2D eigenvalue weighted by atomic mass is 16.5. The third kappa shape index (κ3) is 6.95. The van der Waals surface area contributed by atoms with E-state index >= 15 is 0 Å². The highest BCUT2D eigenvalue weighted by molar-refractivity contribution is 6.23. The van der Waals surface area contributed by atoms with Crippen LogP contribution in [-0.4, -0.2) is 45.6 Å². The summed E-state index contributed by atoms with van der Waals surface area (Å²) >= 11 is 0. The van der Waals surface area contributed by atoms with Crippen molar-refractivity contribution < 1.29 is 39.2 Å². The number of aliphatic hydroxyl groups is 3. The topological polar surface area (TPSA) is 138 Å². The first-order valence-corrected chi connectivity index (χ1v) is 12.8. The summed E-state index contributed by atoms with van der Waals surface area (Å²) in [7, 11) is 1.35. The Bertz CT molecular complexity index is 1020. The molecule has 198 valence electrons. The number of allylic oxidation sites excluding steroid dienone is 4. The fourth-order valence-electron chi connectivity index (χ4n) is 4.58. The van der Waals surface area contributed by atoms with Gasteiger partial charge in [0.15, 0.2) is 23.0 Å². The van der Waals surface area contributed by atoms with Gasteiger partial charge in [0, 0.05) is 22.3 Å². The summed E-state index contributed by atoms with van der Waals surface area (Å²) in [5, 5.41) is 29.7. The van der Waals surface area contributed by atoms with Crippen LogP contribution in [0.25, 0.3) is 0 Å². The normalized spacial score (nSPS) is 17.2. The van der Waals surface area contributed by atoms with Crippen LogP contribution in [0, 0.1) is 0 Å². The van der Waals surface area contributed by atoms with Crippen LogP contribution in [0.15, 0.2) is 45.3 Å². The Kier molecular flexibility index (Phi) is 11.1. The lowest BCUT2D eigenvalue weighted by molar-refractivity contribution is -0.120.